The molecule has 0 radical (unpaired) electrons. The van der Waals surface area contributed by atoms with E-state index in [-0.39, 0.29) is 0 Å². The second kappa shape index (κ2) is 5.10. The summed E-state index contributed by atoms with van der Waals surface area (Å²) in [5, 5.41) is 2.22. The predicted molar refractivity (Wildman–Crippen MR) is 102 cm³/mol. The minimum absolute atomic E-state index is 0.867. The molecule has 0 saturated heterocycles. The Morgan fingerprint density at radius 2 is 1.12 bits per heavy atom. The molecular weight excluding hydrogens is 336 g/mol. The average molecular weight is 350 g/mol. The highest BCUT2D eigenvalue weighted by Gasteiger charge is 2.13. The molecule has 0 aliphatic carbocycles. The van der Waals surface area contributed by atoms with Crippen molar-refractivity contribution in [2.24, 2.45) is 0 Å². The van der Waals surface area contributed by atoms with Crippen LogP contribution in [0.2, 0.25) is 0 Å². The first-order valence-corrected chi connectivity index (χ1v) is 9.40. The second-order valence-corrected chi connectivity index (χ2v) is 8.55. The van der Waals surface area contributed by atoms with Crippen LogP contribution in [0.4, 0.5) is 0 Å². The molecule has 4 aromatic heterocycles. The lowest BCUT2D eigenvalue weighted by Crippen LogP contribution is -1.63. The van der Waals surface area contributed by atoms with Crippen LogP contribution in [-0.4, -0.2) is 0 Å². The second-order valence-electron chi connectivity index (χ2n) is 5.97. The summed E-state index contributed by atoms with van der Waals surface area (Å²) in [6, 6.07) is 16.8. The van der Waals surface area contributed by atoms with E-state index in [1.807, 2.05) is 6.07 Å². The van der Waals surface area contributed by atoms with Gasteiger partial charge in [0.25, 0.3) is 0 Å². The Hall–Kier alpha value is -2.30. The van der Waals surface area contributed by atoms with E-state index in [4.69, 9.17) is 8.83 Å². The van der Waals surface area contributed by atoms with Crippen LogP contribution in [-0.2, 0) is 0 Å². The molecule has 0 spiro atoms. The van der Waals surface area contributed by atoms with Crippen LogP contribution in [0.15, 0.2) is 57.4 Å². The average Bonchev–Trinajstić information content (AvgIpc) is 3.29. The summed E-state index contributed by atoms with van der Waals surface area (Å²) < 4.78 is 12.1. The standard InChI is InChI=1S/C20H14O2S2/c1-11-3-5-19(23-11)17-8-13-7-14-9-18(20-6-4-12(2)24-20)22-16(14)10-15(13)21-17/h3-10H,1-2H3. The molecule has 5 rings (SSSR count). The molecule has 4 heterocycles. The third-order valence-corrected chi connectivity index (χ3v) is 6.15. The number of fused-ring (bicyclic) bond motifs is 2. The summed E-state index contributed by atoms with van der Waals surface area (Å²) in [4.78, 5) is 4.90. The quantitative estimate of drug-likeness (QED) is 0.335. The van der Waals surface area contributed by atoms with Crippen molar-refractivity contribution in [2.75, 3.05) is 0 Å². The first kappa shape index (κ1) is 14.1. The molecule has 24 heavy (non-hydrogen) atoms. The highest BCUT2D eigenvalue weighted by molar-refractivity contribution is 7.15. The summed E-state index contributed by atoms with van der Waals surface area (Å²) in [6.45, 7) is 4.22. The van der Waals surface area contributed by atoms with Gasteiger partial charge in [-0.2, -0.15) is 0 Å². The lowest BCUT2D eigenvalue weighted by atomic mass is 10.2. The molecule has 0 unspecified atom stereocenters. The lowest BCUT2D eigenvalue weighted by molar-refractivity contribution is 0.621. The zero-order chi connectivity index (χ0) is 16.3. The molecule has 5 aromatic rings. The van der Waals surface area contributed by atoms with E-state index in [1.54, 1.807) is 22.7 Å². The maximum atomic E-state index is 6.05. The third-order valence-electron chi connectivity index (χ3n) is 4.12. The highest BCUT2D eigenvalue weighted by Crippen LogP contribution is 2.37. The van der Waals surface area contributed by atoms with Gasteiger partial charge in [0.2, 0.25) is 0 Å². The summed E-state index contributed by atoms with van der Waals surface area (Å²) in [5.41, 5.74) is 1.73. The summed E-state index contributed by atoms with van der Waals surface area (Å²) in [6.07, 6.45) is 0. The van der Waals surface area contributed by atoms with Gasteiger partial charge in [0.1, 0.15) is 22.7 Å². The van der Waals surface area contributed by atoms with Crippen molar-refractivity contribution in [1.29, 1.82) is 0 Å². The zero-order valence-corrected chi connectivity index (χ0v) is 14.9. The Balaban J connectivity index is 1.64. The van der Waals surface area contributed by atoms with E-state index >= 15 is 0 Å². The molecule has 0 fully saturated rings. The van der Waals surface area contributed by atoms with Crippen molar-refractivity contribution in [3.63, 3.8) is 0 Å². The van der Waals surface area contributed by atoms with Gasteiger partial charge in [-0.1, -0.05) is 0 Å². The van der Waals surface area contributed by atoms with Crippen LogP contribution >= 0.6 is 22.7 Å². The largest absolute Gasteiger partial charge is 0.455 e. The minimum atomic E-state index is 0.867. The number of furan rings is 2. The van der Waals surface area contributed by atoms with Crippen LogP contribution in [0.5, 0.6) is 0 Å². The van der Waals surface area contributed by atoms with E-state index in [0.29, 0.717) is 0 Å². The Kier molecular flexibility index (Phi) is 2.99. The third kappa shape index (κ3) is 2.22. The number of hydrogen-bond acceptors (Lipinski definition) is 4. The minimum Gasteiger partial charge on any atom is -0.455 e. The fourth-order valence-electron chi connectivity index (χ4n) is 2.95. The summed E-state index contributed by atoms with van der Waals surface area (Å²) in [5.74, 6) is 1.84. The van der Waals surface area contributed by atoms with Crippen LogP contribution in [0.1, 0.15) is 9.75 Å². The lowest BCUT2D eigenvalue weighted by Gasteiger charge is -1.90. The number of benzene rings is 1. The highest BCUT2D eigenvalue weighted by atomic mass is 32.1. The van der Waals surface area contributed by atoms with E-state index in [1.165, 1.54) is 9.75 Å². The number of thiophene rings is 2. The van der Waals surface area contributed by atoms with Crippen molar-refractivity contribution in [1.82, 2.24) is 0 Å². The Bertz CT molecular complexity index is 1040. The summed E-state index contributed by atoms with van der Waals surface area (Å²) >= 11 is 3.50. The molecule has 0 bridgehead atoms. The molecule has 0 saturated carbocycles. The van der Waals surface area contributed by atoms with E-state index in [2.05, 4.69) is 56.3 Å². The maximum Gasteiger partial charge on any atom is 0.145 e. The van der Waals surface area contributed by atoms with Crippen LogP contribution < -0.4 is 0 Å². The monoisotopic (exact) mass is 350 g/mol. The van der Waals surface area contributed by atoms with E-state index < -0.39 is 0 Å². The van der Waals surface area contributed by atoms with Crippen LogP contribution in [0, 0.1) is 13.8 Å². The van der Waals surface area contributed by atoms with Crippen molar-refractivity contribution >= 4 is 44.6 Å². The Morgan fingerprint density at radius 3 is 1.54 bits per heavy atom. The first-order chi connectivity index (χ1) is 11.7. The van der Waals surface area contributed by atoms with Gasteiger partial charge in [0.05, 0.1) is 9.75 Å². The maximum absolute atomic E-state index is 6.05. The number of hydrogen-bond donors (Lipinski definition) is 0. The molecule has 0 aliphatic rings. The van der Waals surface area contributed by atoms with Crippen molar-refractivity contribution in [2.45, 2.75) is 13.8 Å². The molecular formula is C20H14O2S2. The van der Waals surface area contributed by atoms with E-state index in [9.17, 15) is 0 Å². The molecule has 0 N–H and O–H groups in total. The van der Waals surface area contributed by atoms with Crippen molar-refractivity contribution < 1.29 is 8.83 Å². The van der Waals surface area contributed by atoms with Crippen LogP contribution in [0.25, 0.3) is 43.2 Å². The fraction of sp³-hybridized carbons (Fsp3) is 0.100. The molecule has 0 amide bonds. The predicted octanol–water partition coefficient (Wildman–Crippen LogP) is 7.25. The van der Waals surface area contributed by atoms with Crippen molar-refractivity contribution in [3.05, 3.63) is 58.3 Å². The zero-order valence-electron chi connectivity index (χ0n) is 13.3. The normalized spacial score (nSPS) is 11.8. The van der Waals surface area contributed by atoms with Crippen molar-refractivity contribution in [3.8, 4) is 21.3 Å². The first-order valence-electron chi connectivity index (χ1n) is 7.76. The molecule has 118 valence electrons. The van der Waals surface area contributed by atoms with Gasteiger partial charge in [0.15, 0.2) is 0 Å². The number of rotatable bonds is 2. The Morgan fingerprint density at radius 1 is 0.625 bits per heavy atom. The molecule has 2 nitrogen and oxygen atoms in total. The number of aryl methyl sites for hydroxylation is 2. The topological polar surface area (TPSA) is 26.3 Å². The SMILES string of the molecule is Cc1ccc(-c2cc3cc4cc(-c5ccc(C)s5)oc4cc3o2)s1. The Labute approximate surface area is 147 Å². The van der Waals surface area contributed by atoms with Gasteiger partial charge in [-0.15, -0.1) is 22.7 Å². The fourth-order valence-corrected chi connectivity index (χ4v) is 4.59. The summed E-state index contributed by atoms with van der Waals surface area (Å²) in [7, 11) is 0. The van der Waals surface area contributed by atoms with Gasteiger partial charge in [0, 0.05) is 26.6 Å². The molecule has 4 heteroatoms. The van der Waals surface area contributed by atoms with Gasteiger partial charge in [-0.3, -0.25) is 0 Å². The van der Waals surface area contributed by atoms with Crippen LogP contribution in [0.3, 0.4) is 0 Å². The molecule has 0 atom stereocenters. The van der Waals surface area contributed by atoms with Gasteiger partial charge < -0.3 is 8.83 Å². The smallest absolute Gasteiger partial charge is 0.145 e. The van der Waals surface area contributed by atoms with Gasteiger partial charge >= 0.3 is 0 Å². The van der Waals surface area contributed by atoms with E-state index in [0.717, 1.165) is 43.2 Å². The van der Waals surface area contributed by atoms with Gasteiger partial charge in [-0.25, -0.2) is 0 Å². The molecule has 1 aromatic carbocycles. The molecule has 0 aliphatic heterocycles. The van der Waals surface area contributed by atoms with Gasteiger partial charge in [-0.05, 0) is 56.3 Å².